The first-order valence-electron chi connectivity index (χ1n) is 6.18. The van der Waals surface area contributed by atoms with Crippen molar-refractivity contribution >= 4 is 17.4 Å². The Morgan fingerprint density at radius 1 is 1.39 bits per heavy atom. The molecule has 1 aromatic heterocycles. The second-order valence-electron chi connectivity index (χ2n) is 4.49. The molecule has 0 radical (unpaired) electrons. The van der Waals surface area contributed by atoms with Crippen molar-refractivity contribution in [2.45, 2.75) is 43.1 Å². The van der Waals surface area contributed by atoms with Gasteiger partial charge in [0.05, 0.1) is 6.10 Å². The van der Waals surface area contributed by atoms with Crippen LogP contribution < -0.4 is 10.5 Å². The molecule has 18 heavy (non-hydrogen) atoms. The van der Waals surface area contributed by atoms with Crippen molar-refractivity contribution in [3.05, 3.63) is 6.33 Å². The van der Waals surface area contributed by atoms with Gasteiger partial charge in [0.15, 0.2) is 0 Å². The van der Waals surface area contributed by atoms with Crippen molar-refractivity contribution in [3.8, 4) is 5.88 Å². The molecule has 1 saturated heterocycles. The lowest BCUT2D eigenvalue weighted by Gasteiger charge is -2.21. The molecule has 1 aliphatic rings. The Morgan fingerprint density at radius 3 is 2.78 bits per heavy atom. The molecular weight excluding hydrogens is 250 g/mol. The van der Waals surface area contributed by atoms with Crippen LogP contribution in [0, 0.1) is 0 Å². The standard InChI is InChI=1S/C12H19N3O2S/c1-8(2)17-11-10(13)12(15-7-14-11)18-9-3-5-16-6-4-9/h7-9H,3-6,13H2,1-2H3. The third-order valence-electron chi connectivity index (χ3n) is 2.60. The van der Waals surface area contributed by atoms with Crippen molar-refractivity contribution < 1.29 is 9.47 Å². The van der Waals surface area contributed by atoms with Crippen LogP contribution in [0.3, 0.4) is 0 Å². The molecule has 1 fully saturated rings. The minimum atomic E-state index is 0.0585. The summed E-state index contributed by atoms with van der Waals surface area (Å²) in [5, 5.41) is 1.33. The van der Waals surface area contributed by atoms with Gasteiger partial charge in [-0.2, -0.15) is 4.98 Å². The molecule has 0 aromatic carbocycles. The Kier molecular flexibility index (Phi) is 4.66. The van der Waals surface area contributed by atoms with Gasteiger partial charge < -0.3 is 15.2 Å². The summed E-state index contributed by atoms with van der Waals surface area (Å²) in [6.07, 6.45) is 3.64. The highest BCUT2D eigenvalue weighted by Gasteiger charge is 2.19. The van der Waals surface area contributed by atoms with Crippen LogP contribution in [0.15, 0.2) is 11.4 Å². The fourth-order valence-corrected chi connectivity index (χ4v) is 2.79. The molecule has 0 saturated carbocycles. The molecule has 0 unspecified atom stereocenters. The molecule has 2 N–H and O–H groups in total. The summed E-state index contributed by atoms with van der Waals surface area (Å²) in [4.78, 5) is 8.32. The van der Waals surface area contributed by atoms with E-state index in [4.69, 9.17) is 15.2 Å². The van der Waals surface area contributed by atoms with Gasteiger partial charge in [-0.1, -0.05) is 0 Å². The number of hydrogen-bond donors (Lipinski definition) is 1. The van der Waals surface area contributed by atoms with Gasteiger partial charge in [0.25, 0.3) is 0 Å². The molecule has 0 atom stereocenters. The SMILES string of the molecule is CC(C)Oc1ncnc(SC2CCOCC2)c1N. The molecule has 2 heterocycles. The topological polar surface area (TPSA) is 70.3 Å². The smallest absolute Gasteiger partial charge is 0.241 e. The monoisotopic (exact) mass is 269 g/mol. The molecule has 0 amide bonds. The molecule has 100 valence electrons. The van der Waals surface area contributed by atoms with Crippen molar-refractivity contribution in [2.75, 3.05) is 18.9 Å². The van der Waals surface area contributed by atoms with Gasteiger partial charge in [-0.3, -0.25) is 0 Å². The molecule has 1 aromatic rings. The zero-order chi connectivity index (χ0) is 13.0. The summed E-state index contributed by atoms with van der Waals surface area (Å²) in [6, 6.07) is 0. The van der Waals surface area contributed by atoms with Gasteiger partial charge in [0.2, 0.25) is 5.88 Å². The summed E-state index contributed by atoms with van der Waals surface area (Å²) in [5.41, 5.74) is 6.59. The minimum Gasteiger partial charge on any atom is -0.473 e. The van der Waals surface area contributed by atoms with E-state index in [1.165, 1.54) is 6.33 Å². The normalized spacial score (nSPS) is 17.1. The molecular formula is C12H19N3O2S. The largest absolute Gasteiger partial charge is 0.473 e. The number of rotatable bonds is 4. The van der Waals surface area contributed by atoms with Gasteiger partial charge >= 0.3 is 0 Å². The number of ether oxygens (including phenoxy) is 2. The first-order valence-corrected chi connectivity index (χ1v) is 7.06. The van der Waals surface area contributed by atoms with E-state index in [-0.39, 0.29) is 6.10 Å². The van der Waals surface area contributed by atoms with Crippen LogP contribution in [0.4, 0.5) is 5.69 Å². The van der Waals surface area contributed by atoms with Gasteiger partial charge in [0, 0.05) is 18.5 Å². The number of aromatic nitrogens is 2. The van der Waals surface area contributed by atoms with E-state index in [9.17, 15) is 0 Å². The van der Waals surface area contributed by atoms with Gasteiger partial charge in [0.1, 0.15) is 17.0 Å². The molecule has 1 aliphatic heterocycles. The van der Waals surface area contributed by atoms with E-state index >= 15 is 0 Å². The lowest BCUT2D eigenvalue weighted by atomic mass is 10.2. The van der Waals surface area contributed by atoms with Crippen LogP contribution in [0.25, 0.3) is 0 Å². The molecule has 0 aliphatic carbocycles. The third-order valence-corrected chi connectivity index (χ3v) is 3.96. The highest BCUT2D eigenvalue weighted by Crippen LogP contribution is 2.35. The van der Waals surface area contributed by atoms with Crippen molar-refractivity contribution in [1.29, 1.82) is 0 Å². The highest BCUT2D eigenvalue weighted by atomic mass is 32.2. The lowest BCUT2D eigenvalue weighted by molar-refractivity contribution is 0.1000. The zero-order valence-corrected chi connectivity index (χ0v) is 11.6. The second kappa shape index (κ2) is 6.24. The fraction of sp³-hybridized carbons (Fsp3) is 0.667. The summed E-state index contributed by atoms with van der Waals surface area (Å²) >= 11 is 1.70. The average Bonchev–Trinajstić information content (AvgIpc) is 2.35. The first kappa shape index (κ1) is 13.4. The molecule has 2 rings (SSSR count). The van der Waals surface area contributed by atoms with Crippen LogP contribution in [-0.4, -0.2) is 34.5 Å². The zero-order valence-electron chi connectivity index (χ0n) is 10.8. The van der Waals surface area contributed by atoms with Gasteiger partial charge in [-0.05, 0) is 26.7 Å². The van der Waals surface area contributed by atoms with Gasteiger partial charge in [-0.25, -0.2) is 4.98 Å². The lowest BCUT2D eigenvalue weighted by Crippen LogP contribution is -2.18. The molecule has 6 heteroatoms. The summed E-state index contributed by atoms with van der Waals surface area (Å²) in [7, 11) is 0. The van der Waals surface area contributed by atoms with E-state index in [0.717, 1.165) is 31.1 Å². The Morgan fingerprint density at radius 2 is 2.11 bits per heavy atom. The Balaban J connectivity index is 2.07. The highest BCUT2D eigenvalue weighted by molar-refractivity contribution is 8.00. The van der Waals surface area contributed by atoms with E-state index in [2.05, 4.69) is 9.97 Å². The van der Waals surface area contributed by atoms with E-state index in [0.29, 0.717) is 16.8 Å². The predicted octanol–water partition coefficient (Wildman–Crippen LogP) is 2.12. The number of nitrogen functional groups attached to an aromatic ring is 1. The van der Waals surface area contributed by atoms with E-state index < -0.39 is 0 Å². The van der Waals surface area contributed by atoms with Crippen molar-refractivity contribution in [3.63, 3.8) is 0 Å². The van der Waals surface area contributed by atoms with Crippen LogP contribution in [-0.2, 0) is 4.74 Å². The Bertz CT molecular complexity index is 395. The predicted molar refractivity (Wildman–Crippen MR) is 71.9 cm³/mol. The van der Waals surface area contributed by atoms with Gasteiger partial charge in [-0.15, -0.1) is 11.8 Å². The summed E-state index contributed by atoms with van der Waals surface area (Å²) in [5.74, 6) is 0.481. The van der Waals surface area contributed by atoms with E-state index in [1.807, 2.05) is 13.8 Å². The number of thioether (sulfide) groups is 1. The third kappa shape index (κ3) is 3.49. The van der Waals surface area contributed by atoms with Crippen LogP contribution in [0.1, 0.15) is 26.7 Å². The molecule has 0 spiro atoms. The van der Waals surface area contributed by atoms with E-state index in [1.54, 1.807) is 11.8 Å². The average molecular weight is 269 g/mol. The quantitative estimate of drug-likeness (QED) is 0.844. The summed E-state index contributed by atoms with van der Waals surface area (Å²) < 4.78 is 10.9. The minimum absolute atomic E-state index is 0.0585. The molecule has 0 bridgehead atoms. The fourth-order valence-electron chi connectivity index (χ4n) is 1.73. The van der Waals surface area contributed by atoms with Crippen molar-refractivity contribution in [1.82, 2.24) is 9.97 Å². The van der Waals surface area contributed by atoms with Crippen LogP contribution >= 0.6 is 11.8 Å². The Labute approximate surface area is 111 Å². The van der Waals surface area contributed by atoms with Crippen molar-refractivity contribution in [2.24, 2.45) is 0 Å². The number of nitrogens with zero attached hydrogens (tertiary/aromatic N) is 2. The second-order valence-corrected chi connectivity index (χ2v) is 5.78. The number of nitrogens with two attached hydrogens (primary N) is 1. The number of hydrogen-bond acceptors (Lipinski definition) is 6. The molecule has 5 nitrogen and oxygen atoms in total. The maximum absolute atomic E-state index is 6.05. The Hall–Kier alpha value is -1.01. The van der Waals surface area contributed by atoms with Crippen LogP contribution in [0.2, 0.25) is 0 Å². The maximum atomic E-state index is 6.05. The summed E-state index contributed by atoms with van der Waals surface area (Å²) in [6.45, 7) is 5.54. The first-order chi connectivity index (χ1) is 8.66. The number of anilines is 1. The maximum Gasteiger partial charge on any atom is 0.241 e. The van der Waals surface area contributed by atoms with Crippen LogP contribution in [0.5, 0.6) is 5.88 Å².